The van der Waals surface area contributed by atoms with Gasteiger partial charge in [-0.2, -0.15) is 0 Å². The largest absolute Gasteiger partial charge is 0.383 e. The molecule has 2 saturated heterocycles. The second-order valence-corrected chi connectivity index (χ2v) is 9.64. The predicted octanol–water partition coefficient (Wildman–Crippen LogP) is 1.96. The Balaban J connectivity index is 1.85. The number of rotatable bonds is 5. The average molecular weight is 446 g/mol. The highest BCUT2D eigenvalue weighted by Gasteiger charge is 2.54. The van der Waals surface area contributed by atoms with Gasteiger partial charge in [-0.3, -0.25) is 19.3 Å². The summed E-state index contributed by atoms with van der Waals surface area (Å²) in [6.07, 6.45) is 0.933. The molecule has 0 aliphatic carbocycles. The molecule has 2 aliphatic rings. The highest BCUT2D eigenvalue weighted by atomic mass is 16.5. The topological polar surface area (TPSA) is 88.2 Å². The highest BCUT2D eigenvalue weighted by Crippen LogP contribution is 2.39. The van der Waals surface area contributed by atoms with Gasteiger partial charge in [0, 0.05) is 50.6 Å². The lowest BCUT2D eigenvalue weighted by molar-refractivity contribution is -0.150. The van der Waals surface area contributed by atoms with Gasteiger partial charge in [-0.1, -0.05) is 38.5 Å². The number of piperidine rings is 1. The molecule has 0 bridgehead atoms. The molecule has 32 heavy (non-hydrogen) atoms. The van der Waals surface area contributed by atoms with Crippen LogP contribution >= 0.6 is 0 Å². The van der Waals surface area contributed by atoms with Gasteiger partial charge in [-0.15, -0.1) is 0 Å². The lowest BCUT2D eigenvalue weighted by atomic mass is 9.91. The fraction of sp³-hybridized carbons (Fsp3) is 0.625. The maximum atomic E-state index is 13.7. The molecule has 0 radical (unpaired) electrons. The molecule has 3 rings (SSSR count). The number of carbonyl (C=O) groups is 3. The summed E-state index contributed by atoms with van der Waals surface area (Å²) in [4.78, 5) is 42.8. The van der Waals surface area contributed by atoms with Crippen LogP contribution in [0.4, 0.5) is 0 Å². The number of benzene rings is 1. The number of carbonyl (C=O) groups excluding carboxylic acids is 3. The number of likely N-dealkylation sites (tertiary alicyclic amines) is 1. The van der Waals surface area contributed by atoms with Crippen molar-refractivity contribution in [1.29, 1.82) is 0 Å². The van der Waals surface area contributed by atoms with Gasteiger partial charge in [-0.05, 0) is 19.1 Å². The van der Waals surface area contributed by atoms with E-state index in [0.29, 0.717) is 44.6 Å². The minimum absolute atomic E-state index is 0.0794. The summed E-state index contributed by atoms with van der Waals surface area (Å²) in [6, 6.07) is 6.62. The standard InChI is InChI=1S/C24H35N3O5/c1-17-7-6-8-18(15-17)21(29)27-19(20(28)25-11-14-31-5)16-32-24(27)9-12-26(13-10-24)22(30)23(2,3)4/h6-8,15,19H,9-14,16H2,1-5H3,(H,25,28). The summed E-state index contributed by atoms with van der Waals surface area (Å²) in [5.41, 5.74) is 0.121. The Morgan fingerprint density at radius 2 is 1.91 bits per heavy atom. The maximum absolute atomic E-state index is 13.7. The zero-order chi connectivity index (χ0) is 23.5. The molecule has 1 spiro atoms. The molecule has 2 aliphatic heterocycles. The first-order valence-corrected chi connectivity index (χ1v) is 11.2. The summed E-state index contributed by atoms with van der Waals surface area (Å²) in [6.45, 7) is 9.47. The zero-order valence-corrected chi connectivity index (χ0v) is 19.8. The number of methoxy groups -OCH3 is 1. The van der Waals surface area contributed by atoms with Crippen molar-refractivity contribution in [3.8, 4) is 0 Å². The molecule has 2 heterocycles. The zero-order valence-electron chi connectivity index (χ0n) is 19.8. The molecule has 1 aromatic carbocycles. The van der Waals surface area contributed by atoms with Gasteiger partial charge in [0.1, 0.15) is 11.8 Å². The summed E-state index contributed by atoms with van der Waals surface area (Å²) >= 11 is 0. The van der Waals surface area contributed by atoms with Gasteiger partial charge in [0.25, 0.3) is 5.91 Å². The van der Waals surface area contributed by atoms with Gasteiger partial charge in [0.15, 0.2) is 0 Å². The summed E-state index contributed by atoms with van der Waals surface area (Å²) in [7, 11) is 1.57. The van der Waals surface area contributed by atoms with Gasteiger partial charge in [-0.25, -0.2) is 0 Å². The molecule has 0 saturated carbocycles. The van der Waals surface area contributed by atoms with Crippen LogP contribution in [0, 0.1) is 12.3 Å². The summed E-state index contributed by atoms with van der Waals surface area (Å²) in [5, 5.41) is 2.84. The number of aryl methyl sites for hydroxylation is 1. The Bertz CT molecular complexity index is 855. The summed E-state index contributed by atoms with van der Waals surface area (Å²) < 4.78 is 11.2. The summed E-state index contributed by atoms with van der Waals surface area (Å²) in [5.74, 6) is -0.405. The lowest BCUT2D eigenvalue weighted by Crippen LogP contribution is -2.60. The van der Waals surface area contributed by atoms with E-state index in [2.05, 4.69) is 5.32 Å². The predicted molar refractivity (Wildman–Crippen MR) is 120 cm³/mol. The smallest absolute Gasteiger partial charge is 0.256 e. The van der Waals surface area contributed by atoms with E-state index in [9.17, 15) is 14.4 Å². The molecular weight excluding hydrogens is 410 g/mol. The fourth-order valence-corrected chi connectivity index (χ4v) is 4.41. The third-order valence-corrected chi connectivity index (χ3v) is 6.13. The van der Waals surface area contributed by atoms with E-state index in [1.165, 1.54) is 0 Å². The Morgan fingerprint density at radius 3 is 2.50 bits per heavy atom. The molecule has 8 nitrogen and oxygen atoms in total. The maximum Gasteiger partial charge on any atom is 0.256 e. The minimum atomic E-state index is -0.904. The third-order valence-electron chi connectivity index (χ3n) is 6.13. The van der Waals surface area contributed by atoms with Crippen LogP contribution in [0.2, 0.25) is 0 Å². The molecule has 1 unspecified atom stereocenters. The lowest BCUT2D eigenvalue weighted by Gasteiger charge is -2.45. The second-order valence-electron chi connectivity index (χ2n) is 9.64. The second kappa shape index (κ2) is 9.58. The normalized spacial score (nSPS) is 20.5. The molecule has 2 fully saturated rings. The Kier molecular flexibility index (Phi) is 7.25. The quantitative estimate of drug-likeness (QED) is 0.700. The van der Waals surface area contributed by atoms with Crippen molar-refractivity contribution >= 4 is 17.7 Å². The van der Waals surface area contributed by atoms with Crippen LogP contribution in [-0.4, -0.2) is 79.2 Å². The Hall–Kier alpha value is -2.45. The monoisotopic (exact) mass is 445 g/mol. The first-order valence-electron chi connectivity index (χ1n) is 11.2. The van der Waals surface area contributed by atoms with Crippen LogP contribution in [0.15, 0.2) is 24.3 Å². The molecule has 3 amide bonds. The average Bonchev–Trinajstić information content (AvgIpc) is 3.11. The van der Waals surface area contributed by atoms with E-state index < -0.39 is 17.2 Å². The molecule has 1 aromatic rings. The number of nitrogens with one attached hydrogen (secondary N) is 1. The fourth-order valence-electron chi connectivity index (χ4n) is 4.41. The Morgan fingerprint density at radius 1 is 1.22 bits per heavy atom. The van der Waals surface area contributed by atoms with Crippen molar-refractivity contribution in [1.82, 2.24) is 15.1 Å². The third kappa shape index (κ3) is 4.96. The van der Waals surface area contributed by atoms with Gasteiger partial charge < -0.3 is 19.7 Å². The number of hydrogen-bond donors (Lipinski definition) is 1. The first-order chi connectivity index (χ1) is 15.1. The van der Waals surface area contributed by atoms with E-state index in [1.54, 1.807) is 18.1 Å². The number of amides is 3. The molecule has 8 heteroatoms. The number of nitrogens with zero attached hydrogens (tertiary/aromatic N) is 2. The molecule has 176 valence electrons. The van der Waals surface area contributed by atoms with Gasteiger partial charge in [0.05, 0.1) is 13.2 Å². The van der Waals surface area contributed by atoms with Crippen molar-refractivity contribution in [2.45, 2.75) is 52.3 Å². The van der Waals surface area contributed by atoms with Crippen molar-refractivity contribution < 1.29 is 23.9 Å². The minimum Gasteiger partial charge on any atom is -0.383 e. The van der Waals surface area contributed by atoms with E-state index in [4.69, 9.17) is 9.47 Å². The molecule has 1 N–H and O–H groups in total. The van der Waals surface area contributed by atoms with E-state index in [-0.39, 0.29) is 24.3 Å². The van der Waals surface area contributed by atoms with Crippen LogP contribution < -0.4 is 5.32 Å². The number of ether oxygens (including phenoxy) is 2. The van der Waals surface area contributed by atoms with Crippen LogP contribution in [0.1, 0.15) is 49.5 Å². The number of hydrogen-bond acceptors (Lipinski definition) is 5. The van der Waals surface area contributed by atoms with E-state index in [0.717, 1.165) is 5.56 Å². The van der Waals surface area contributed by atoms with Crippen molar-refractivity contribution in [2.75, 3.05) is 40.0 Å². The Labute approximate surface area is 190 Å². The van der Waals surface area contributed by atoms with Crippen LogP contribution in [0.25, 0.3) is 0 Å². The van der Waals surface area contributed by atoms with Crippen LogP contribution in [0.3, 0.4) is 0 Å². The molecule has 0 aromatic heterocycles. The van der Waals surface area contributed by atoms with E-state index in [1.807, 2.05) is 50.8 Å². The van der Waals surface area contributed by atoms with Crippen molar-refractivity contribution in [2.24, 2.45) is 5.41 Å². The van der Waals surface area contributed by atoms with Crippen molar-refractivity contribution in [3.05, 3.63) is 35.4 Å². The highest BCUT2D eigenvalue weighted by molar-refractivity contribution is 5.98. The van der Waals surface area contributed by atoms with Gasteiger partial charge in [0.2, 0.25) is 11.8 Å². The van der Waals surface area contributed by atoms with Crippen LogP contribution in [0.5, 0.6) is 0 Å². The van der Waals surface area contributed by atoms with Crippen LogP contribution in [-0.2, 0) is 19.1 Å². The molecular formula is C24H35N3O5. The van der Waals surface area contributed by atoms with E-state index >= 15 is 0 Å². The molecule has 1 atom stereocenters. The van der Waals surface area contributed by atoms with Gasteiger partial charge >= 0.3 is 0 Å². The first kappa shape index (κ1) is 24.2. The van der Waals surface area contributed by atoms with Crippen molar-refractivity contribution in [3.63, 3.8) is 0 Å². The SMILES string of the molecule is COCCNC(=O)C1COC2(CCN(C(=O)C(C)(C)C)CC2)N1C(=O)c1cccc(C)c1.